The summed E-state index contributed by atoms with van der Waals surface area (Å²) in [5, 5.41) is 9.36. The molecule has 0 aliphatic rings. The van der Waals surface area contributed by atoms with Gasteiger partial charge in [-0.25, -0.2) is 13.1 Å². The lowest BCUT2D eigenvalue weighted by Crippen LogP contribution is -2.34. The van der Waals surface area contributed by atoms with Gasteiger partial charge in [-0.2, -0.15) is 0 Å². The molecule has 5 nitrogen and oxygen atoms in total. The van der Waals surface area contributed by atoms with Crippen LogP contribution in [-0.4, -0.2) is 39.9 Å². The highest BCUT2D eigenvalue weighted by molar-refractivity contribution is 7.91. The minimum absolute atomic E-state index is 0.0461. The predicted molar refractivity (Wildman–Crippen MR) is 66.8 cm³/mol. The molecule has 0 radical (unpaired) electrons. The van der Waals surface area contributed by atoms with E-state index in [0.717, 1.165) is 11.3 Å². The molecule has 1 atom stereocenters. The summed E-state index contributed by atoms with van der Waals surface area (Å²) < 4.78 is 31.0. The smallest absolute Gasteiger partial charge is 0.250 e. The van der Waals surface area contributed by atoms with E-state index in [-0.39, 0.29) is 17.4 Å². The first-order valence-electron chi connectivity index (χ1n) is 5.25. The molecule has 0 saturated heterocycles. The normalized spacial score (nSPS) is 13.8. The first-order valence-corrected chi connectivity index (χ1v) is 7.55. The number of methoxy groups -OCH3 is 1. The fraction of sp³-hybridized carbons (Fsp3) is 0.600. The van der Waals surface area contributed by atoms with Crippen LogP contribution in [-0.2, 0) is 21.2 Å². The zero-order valence-corrected chi connectivity index (χ0v) is 11.5. The summed E-state index contributed by atoms with van der Waals surface area (Å²) in [4.78, 5) is 1.02. The third kappa shape index (κ3) is 4.36. The predicted octanol–water partition coefficient (Wildman–Crippen LogP) is 0.596. The van der Waals surface area contributed by atoms with E-state index in [1.165, 1.54) is 18.4 Å². The molecule has 7 heteroatoms. The van der Waals surface area contributed by atoms with Gasteiger partial charge in [0.2, 0.25) is 10.0 Å². The molecule has 1 rings (SSSR count). The van der Waals surface area contributed by atoms with Crippen molar-refractivity contribution in [2.24, 2.45) is 0 Å². The van der Waals surface area contributed by atoms with Gasteiger partial charge in [0.15, 0.2) is 0 Å². The van der Waals surface area contributed by atoms with Crippen molar-refractivity contribution >= 4 is 21.4 Å². The minimum atomic E-state index is -3.51. The van der Waals surface area contributed by atoms with Gasteiger partial charge in [0.05, 0.1) is 12.7 Å². The summed E-state index contributed by atoms with van der Waals surface area (Å²) >= 11 is 1.24. The molecule has 0 saturated carbocycles. The van der Waals surface area contributed by atoms with E-state index < -0.39 is 16.1 Å². The topological polar surface area (TPSA) is 75.6 Å². The molecule has 0 aliphatic carbocycles. The first-order chi connectivity index (χ1) is 7.99. The number of hydrogen-bond acceptors (Lipinski definition) is 5. The zero-order valence-electron chi connectivity index (χ0n) is 9.84. The molecule has 0 spiro atoms. The summed E-state index contributed by atoms with van der Waals surface area (Å²) in [6, 6.07) is 3.37. The number of ether oxygens (including phenoxy) is 1. The fourth-order valence-electron chi connectivity index (χ4n) is 1.22. The van der Waals surface area contributed by atoms with Crippen LogP contribution in [0.4, 0.5) is 0 Å². The van der Waals surface area contributed by atoms with E-state index in [9.17, 15) is 13.5 Å². The third-order valence-corrected chi connectivity index (χ3v) is 5.26. The van der Waals surface area contributed by atoms with Crippen molar-refractivity contribution in [3.8, 4) is 0 Å². The highest BCUT2D eigenvalue weighted by Gasteiger charge is 2.17. The standard InChI is InChI=1S/C10H17NO4S2/c1-3-9-4-5-10(16-9)17(13,14)11-6-8(12)7-15-2/h4-5,8,11-12H,3,6-7H2,1-2H3. The molecule has 1 unspecified atom stereocenters. The maximum Gasteiger partial charge on any atom is 0.250 e. The van der Waals surface area contributed by atoms with Crippen molar-refractivity contribution < 1.29 is 18.3 Å². The second kappa shape index (κ2) is 6.46. The molecule has 0 bridgehead atoms. The van der Waals surface area contributed by atoms with Gasteiger partial charge < -0.3 is 9.84 Å². The average Bonchev–Trinajstić information content (AvgIpc) is 2.76. The summed E-state index contributed by atoms with van der Waals surface area (Å²) in [6.45, 7) is 2.03. The number of aliphatic hydroxyl groups excluding tert-OH is 1. The van der Waals surface area contributed by atoms with Crippen LogP contribution in [0.3, 0.4) is 0 Å². The number of nitrogens with one attached hydrogen (secondary N) is 1. The van der Waals surface area contributed by atoms with E-state index in [4.69, 9.17) is 4.74 Å². The van der Waals surface area contributed by atoms with Crippen molar-refractivity contribution in [1.82, 2.24) is 4.72 Å². The number of sulfonamides is 1. The molecular formula is C10H17NO4S2. The number of thiophene rings is 1. The molecule has 2 N–H and O–H groups in total. The zero-order chi connectivity index (χ0) is 12.9. The Balaban J connectivity index is 2.62. The number of rotatable bonds is 7. The van der Waals surface area contributed by atoms with Crippen LogP contribution in [0.5, 0.6) is 0 Å². The molecule has 17 heavy (non-hydrogen) atoms. The van der Waals surface area contributed by atoms with Crippen molar-refractivity contribution in [2.75, 3.05) is 20.3 Å². The monoisotopic (exact) mass is 279 g/mol. The Bertz CT molecular complexity index is 441. The second-order valence-electron chi connectivity index (χ2n) is 3.54. The van der Waals surface area contributed by atoms with Crippen LogP contribution < -0.4 is 4.72 Å². The van der Waals surface area contributed by atoms with E-state index in [1.807, 2.05) is 6.92 Å². The van der Waals surface area contributed by atoms with Crippen LogP contribution in [0.1, 0.15) is 11.8 Å². The SMILES string of the molecule is CCc1ccc(S(=O)(=O)NCC(O)COC)s1. The minimum Gasteiger partial charge on any atom is -0.389 e. The van der Waals surface area contributed by atoms with Gasteiger partial charge >= 0.3 is 0 Å². The van der Waals surface area contributed by atoms with Crippen LogP contribution in [0.2, 0.25) is 0 Å². The van der Waals surface area contributed by atoms with Crippen LogP contribution in [0.25, 0.3) is 0 Å². The van der Waals surface area contributed by atoms with E-state index >= 15 is 0 Å². The van der Waals surface area contributed by atoms with Crippen molar-refractivity contribution in [3.05, 3.63) is 17.0 Å². The highest BCUT2D eigenvalue weighted by atomic mass is 32.2. The first kappa shape index (κ1) is 14.6. The molecule has 1 heterocycles. The van der Waals surface area contributed by atoms with Gasteiger partial charge in [-0.15, -0.1) is 11.3 Å². The largest absolute Gasteiger partial charge is 0.389 e. The summed E-state index contributed by atoms with van der Waals surface area (Å²) in [5.74, 6) is 0. The molecular weight excluding hydrogens is 262 g/mol. The molecule has 0 fully saturated rings. The van der Waals surface area contributed by atoms with Crippen molar-refractivity contribution in [1.29, 1.82) is 0 Å². The highest BCUT2D eigenvalue weighted by Crippen LogP contribution is 2.21. The number of aliphatic hydroxyl groups is 1. The van der Waals surface area contributed by atoms with Gasteiger partial charge in [0.1, 0.15) is 4.21 Å². The van der Waals surface area contributed by atoms with Crippen molar-refractivity contribution in [2.45, 2.75) is 23.7 Å². The average molecular weight is 279 g/mol. The van der Waals surface area contributed by atoms with Gasteiger partial charge in [-0.05, 0) is 18.6 Å². The third-order valence-electron chi connectivity index (χ3n) is 2.12. The lowest BCUT2D eigenvalue weighted by Gasteiger charge is -2.10. The lowest BCUT2D eigenvalue weighted by atomic mass is 10.4. The number of aryl methyl sites for hydroxylation is 1. The molecule has 1 aromatic heterocycles. The van der Waals surface area contributed by atoms with Crippen LogP contribution in [0, 0.1) is 0 Å². The molecule has 0 aromatic carbocycles. The Hall–Kier alpha value is -0.470. The molecule has 0 aliphatic heterocycles. The summed E-state index contributed by atoms with van der Waals surface area (Å²) in [5.41, 5.74) is 0. The molecule has 98 valence electrons. The fourth-order valence-corrected chi connectivity index (χ4v) is 3.63. The van der Waals surface area contributed by atoms with Gasteiger partial charge in [-0.3, -0.25) is 0 Å². The quantitative estimate of drug-likeness (QED) is 0.766. The van der Waals surface area contributed by atoms with Crippen molar-refractivity contribution in [3.63, 3.8) is 0 Å². The van der Waals surface area contributed by atoms with Crippen LogP contribution >= 0.6 is 11.3 Å². The summed E-state index contributed by atoms with van der Waals surface area (Å²) in [6.07, 6.45) is -0.0210. The van der Waals surface area contributed by atoms with Gasteiger partial charge in [0, 0.05) is 18.5 Å². The van der Waals surface area contributed by atoms with Gasteiger partial charge in [0.25, 0.3) is 0 Å². The molecule has 0 amide bonds. The van der Waals surface area contributed by atoms with Gasteiger partial charge in [-0.1, -0.05) is 6.92 Å². The maximum absolute atomic E-state index is 11.8. The Morgan fingerprint density at radius 2 is 2.24 bits per heavy atom. The Kier molecular flexibility index (Phi) is 5.54. The Morgan fingerprint density at radius 3 is 2.76 bits per heavy atom. The Labute approximate surface area is 105 Å². The van der Waals surface area contributed by atoms with Crippen LogP contribution in [0.15, 0.2) is 16.3 Å². The molecule has 1 aromatic rings. The van der Waals surface area contributed by atoms with E-state index in [2.05, 4.69) is 4.72 Å². The second-order valence-corrected chi connectivity index (χ2v) is 6.70. The summed E-state index contributed by atoms with van der Waals surface area (Å²) in [7, 11) is -2.06. The maximum atomic E-state index is 11.8. The van der Waals surface area contributed by atoms with E-state index in [0.29, 0.717) is 0 Å². The number of hydrogen-bond donors (Lipinski definition) is 2. The Morgan fingerprint density at radius 1 is 1.53 bits per heavy atom. The lowest BCUT2D eigenvalue weighted by molar-refractivity contribution is 0.0679. The van der Waals surface area contributed by atoms with E-state index in [1.54, 1.807) is 12.1 Å².